The summed E-state index contributed by atoms with van der Waals surface area (Å²) in [7, 11) is 1.54. The SMILES string of the molecule is COc1ccc(F)c2[nH]c(C(=O)N3CCOCC3CC3CC3)cc12. The van der Waals surface area contributed by atoms with Gasteiger partial charge in [0.25, 0.3) is 5.91 Å². The van der Waals surface area contributed by atoms with Crippen LogP contribution in [-0.2, 0) is 4.74 Å². The predicted octanol–water partition coefficient (Wildman–Crippen LogP) is 2.96. The number of rotatable bonds is 4. The van der Waals surface area contributed by atoms with Gasteiger partial charge in [-0.2, -0.15) is 0 Å². The van der Waals surface area contributed by atoms with Crippen LogP contribution >= 0.6 is 0 Å². The molecule has 0 radical (unpaired) electrons. The highest BCUT2D eigenvalue weighted by Crippen LogP contribution is 2.36. The molecule has 128 valence electrons. The van der Waals surface area contributed by atoms with E-state index in [0.717, 1.165) is 6.42 Å². The molecule has 1 aromatic heterocycles. The molecule has 2 heterocycles. The van der Waals surface area contributed by atoms with Gasteiger partial charge >= 0.3 is 0 Å². The zero-order valence-electron chi connectivity index (χ0n) is 13.7. The maximum absolute atomic E-state index is 14.0. The predicted molar refractivity (Wildman–Crippen MR) is 87.8 cm³/mol. The van der Waals surface area contributed by atoms with Crippen molar-refractivity contribution in [3.05, 3.63) is 29.7 Å². The van der Waals surface area contributed by atoms with E-state index >= 15 is 0 Å². The number of hydrogen-bond donors (Lipinski definition) is 1. The van der Waals surface area contributed by atoms with Gasteiger partial charge in [0.2, 0.25) is 0 Å². The maximum atomic E-state index is 14.0. The number of amides is 1. The molecule has 2 fully saturated rings. The van der Waals surface area contributed by atoms with E-state index in [-0.39, 0.29) is 17.8 Å². The Bertz CT molecular complexity index is 769. The molecule has 1 atom stereocenters. The van der Waals surface area contributed by atoms with Crippen LogP contribution in [0.3, 0.4) is 0 Å². The second-order valence-corrected chi connectivity index (χ2v) is 6.63. The molecule has 1 aromatic carbocycles. The Morgan fingerprint density at radius 3 is 3.04 bits per heavy atom. The number of hydrogen-bond acceptors (Lipinski definition) is 3. The van der Waals surface area contributed by atoms with Crippen LogP contribution in [0.4, 0.5) is 4.39 Å². The minimum absolute atomic E-state index is 0.0957. The van der Waals surface area contributed by atoms with Crippen molar-refractivity contribution in [2.24, 2.45) is 5.92 Å². The molecule has 1 saturated heterocycles. The van der Waals surface area contributed by atoms with Gasteiger partial charge in [-0.3, -0.25) is 4.79 Å². The van der Waals surface area contributed by atoms with Gasteiger partial charge in [-0.1, -0.05) is 12.8 Å². The fraction of sp³-hybridized carbons (Fsp3) is 0.500. The van der Waals surface area contributed by atoms with Crippen molar-refractivity contribution in [3.63, 3.8) is 0 Å². The Morgan fingerprint density at radius 1 is 1.46 bits per heavy atom. The van der Waals surface area contributed by atoms with E-state index in [2.05, 4.69) is 4.98 Å². The van der Waals surface area contributed by atoms with Crippen molar-refractivity contribution in [2.45, 2.75) is 25.3 Å². The van der Waals surface area contributed by atoms with Crippen molar-refractivity contribution < 1.29 is 18.7 Å². The van der Waals surface area contributed by atoms with E-state index < -0.39 is 0 Å². The third kappa shape index (κ3) is 2.75. The number of benzene rings is 1. The standard InChI is InChI=1S/C18H21FN2O3/c1-23-16-5-4-14(19)17-13(16)9-15(20-17)18(22)21-6-7-24-10-12(21)8-11-2-3-11/h4-5,9,11-12,20H,2-3,6-8,10H2,1H3. The number of H-pyrrole nitrogens is 1. The van der Waals surface area contributed by atoms with Gasteiger partial charge in [-0.15, -0.1) is 0 Å². The maximum Gasteiger partial charge on any atom is 0.270 e. The van der Waals surface area contributed by atoms with Crippen LogP contribution in [0.25, 0.3) is 10.9 Å². The second kappa shape index (κ2) is 6.09. The van der Waals surface area contributed by atoms with E-state index in [1.165, 1.54) is 26.0 Å². The van der Waals surface area contributed by atoms with Crippen LogP contribution in [0, 0.1) is 11.7 Å². The Kier molecular flexibility index (Phi) is 3.92. The number of aromatic amines is 1. The Labute approximate surface area is 139 Å². The van der Waals surface area contributed by atoms with Gasteiger partial charge in [0.1, 0.15) is 17.3 Å². The van der Waals surface area contributed by atoms with Crippen molar-refractivity contribution in [2.75, 3.05) is 26.9 Å². The van der Waals surface area contributed by atoms with E-state index in [1.807, 2.05) is 4.90 Å². The Hall–Kier alpha value is -2.08. The minimum atomic E-state index is -0.388. The summed E-state index contributed by atoms with van der Waals surface area (Å²) in [5.41, 5.74) is 0.709. The Morgan fingerprint density at radius 2 is 2.29 bits per heavy atom. The molecule has 24 heavy (non-hydrogen) atoms. The molecular formula is C18H21FN2O3. The topological polar surface area (TPSA) is 54.6 Å². The van der Waals surface area contributed by atoms with Crippen LogP contribution in [0.15, 0.2) is 18.2 Å². The number of fused-ring (bicyclic) bond motifs is 1. The van der Waals surface area contributed by atoms with Crippen molar-refractivity contribution in [1.82, 2.24) is 9.88 Å². The highest BCUT2D eigenvalue weighted by atomic mass is 19.1. The lowest BCUT2D eigenvalue weighted by Gasteiger charge is -2.35. The number of carbonyl (C=O) groups is 1. The van der Waals surface area contributed by atoms with Crippen molar-refractivity contribution in [3.8, 4) is 5.75 Å². The summed E-state index contributed by atoms with van der Waals surface area (Å²) in [6, 6.07) is 4.71. The molecule has 1 saturated carbocycles. The zero-order valence-corrected chi connectivity index (χ0v) is 13.7. The number of halogens is 1. The molecular weight excluding hydrogens is 311 g/mol. The molecule has 2 aliphatic rings. The van der Waals surface area contributed by atoms with Gasteiger partial charge in [-0.25, -0.2) is 4.39 Å². The molecule has 4 rings (SSSR count). The summed E-state index contributed by atoms with van der Waals surface area (Å²) < 4.78 is 24.9. The third-order valence-corrected chi connectivity index (χ3v) is 4.94. The Balaban J connectivity index is 1.65. The van der Waals surface area contributed by atoms with Gasteiger partial charge < -0.3 is 19.4 Å². The molecule has 1 aliphatic carbocycles. The van der Waals surface area contributed by atoms with Gasteiger partial charge in [0, 0.05) is 11.9 Å². The molecule has 2 aromatic rings. The fourth-order valence-electron chi connectivity index (χ4n) is 3.46. The first-order valence-electron chi connectivity index (χ1n) is 8.41. The molecule has 0 spiro atoms. The zero-order chi connectivity index (χ0) is 16.7. The average molecular weight is 332 g/mol. The third-order valence-electron chi connectivity index (χ3n) is 4.94. The highest BCUT2D eigenvalue weighted by molar-refractivity contribution is 6.00. The summed E-state index contributed by atoms with van der Waals surface area (Å²) in [6.07, 6.45) is 3.48. The monoisotopic (exact) mass is 332 g/mol. The lowest BCUT2D eigenvalue weighted by molar-refractivity contribution is -0.00594. The second-order valence-electron chi connectivity index (χ2n) is 6.63. The van der Waals surface area contributed by atoms with Crippen molar-refractivity contribution in [1.29, 1.82) is 0 Å². The number of nitrogens with zero attached hydrogens (tertiary/aromatic N) is 1. The minimum Gasteiger partial charge on any atom is -0.496 e. The molecule has 5 nitrogen and oxygen atoms in total. The van der Waals surface area contributed by atoms with E-state index in [0.29, 0.717) is 48.0 Å². The molecule has 1 amide bonds. The highest BCUT2D eigenvalue weighted by Gasteiger charge is 2.34. The normalized spacial score (nSPS) is 21.2. The number of methoxy groups -OCH3 is 1. The van der Waals surface area contributed by atoms with Gasteiger partial charge in [0.15, 0.2) is 0 Å². The number of nitrogens with one attached hydrogen (secondary N) is 1. The summed E-state index contributed by atoms with van der Waals surface area (Å²) in [4.78, 5) is 17.8. The van der Waals surface area contributed by atoms with E-state index in [1.54, 1.807) is 12.1 Å². The first-order valence-corrected chi connectivity index (χ1v) is 8.41. The first kappa shape index (κ1) is 15.4. The van der Waals surface area contributed by atoms with Gasteiger partial charge in [-0.05, 0) is 30.5 Å². The quantitative estimate of drug-likeness (QED) is 0.936. The van der Waals surface area contributed by atoms with Crippen LogP contribution in [0.5, 0.6) is 5.75 Å². The first-order chi connectivity index (χ1) is 11.7. The van der Waals surface area contributed by atoms with Crippen LogP contribution in [-0.4, -0.2) is 48.7 Å². The van der Waals surface area contributed by atoms with E-state index in [4.69, 9.17) is 9.47 Å². The number of morpholine rings is 1. The number of ether oxygens (including phenoxy) is 2. The van der Waals surface area contributed by atoms with Crippen LogP contribution in [0.1, 0.15) is 29.8 Å². The van der Waals surface area contributed by atoms with Crippen molar-refractivity contribution >= 4 is 16.8 Å². The molecule has 1 unspecified atom stereocenters. The molecule has 0 bridgehead atoms. The largest absolute Gasteiger partial charge is 0.496 e. The number of carbonyl (C=O) groups excluding carboxylic acids is 1. The van der Waals surface area contributed by atoms with E-state index in [9.17, 15) is 9.18 Å². The van der Waals surface area contributed by atoms with Crippen LogP contribution in [0.2, 0.25) is 0 Å². The molecule has 6 heteroatoms. The number of aromatic nitrogens is 1. The summed E-state index contributed by atoms with van der Waals surface area (Å²) in [5, 5.41) is 0.591. The summed E-state index contributed by atoms with van der Waals surface area (Å²) in [6.45, 7) is 1.70. The lowest BCUT2D eigenvalue weighted by Crippen LogP contribution is -2.49. The molecule has 1 aliphatic heterocycles. The van der Waals surface area contributed by atoms with Gasteiger partial charge in [0.05, 0.1) is 31.9 Å². The average Bonchev–Trinajstić information content (AvgIpc) is 3.29. The summed E-state index contributed by atoms with van der Waals surface area (Å²) >= 11 is 0. The smallest absolute Gasteiger partial charge is 0.270 e. The summed E-state index contributed by atoms with van der Waals surface area (Å²) in [5.74, 6) is 0.786. The fourth-order valence-corrected chi connectivity index (χ4v) is 3.46. The molecule has 1 N–H and O–H groups in total. The lowest BCUT2D eigenvalue weighted by atomic mass is 10.1. The van der Waals surface area contributed by atoms with Crippen LogP contribution < -0.4 is 4.74 Å².